The SMILES string of the molecule is [N-]=[N+]=Nc1c(C(=O)O)cccc1C(=O)O. The van der Waals surface area contributed by atoms with Crippen LogP contribution in [0.4, 0.5) is 5.69 Å². The number of benzene rings is 1. The molecule has 1 aromatic carbocycles. The fourth-order valence-electron chi connectivity index (χ4n) is 1.04. The summed E-state index contributed by atoms with van der Waals surface area (Å²) in [6.45, 7) is 0. The maximum Gasteiger partial charge on any atom is 0.336 e. The minimum Gasteiger partial charge on any atom is -0.478 e. The topological polar surface area (TPSA) is 123 Å². The van der Waals surface area contributed by atoms with E-state index in [1.165, 1.54) is 18.2 Å². The van der Waals surface area contributed by atoms with Crippen LogP contribution in [0.15, 0.2) is 23.3 Å². The van der Waals surface area contributed by atoms with E-state index >= 15 is 0 Å². The Morgan fingerprint density at radius 2 is 1.67 bits per heavy atom. The lowest BCUT2D eigenvalue weighted by Crippen LogP contribution is -2.02. The maximum absolute atomic E-state index is 10.7. The molecule has 1 rings (SSSR count). The summed E-state index contributed by atoms with van der Waals surface area (Å²) in [5, 5.41) is 20.5. The normalized spacial score (nSPS) is 9.07. The summed E-state index contributed by atoms with van der Waals surface area (Å²) in [6, 6.07) is 3.60. The third-order valence-corrected chi connectivity index (χ3v) is 1.64. The van der Waals surface area contributed by atoms with Crippen LogP contribution in [0.5, 0.6) is 0 Å². The number of hydrogen-bond acceptors (Lipinski definition) is 3. The molecular weight excluding hydrogens is 202 g/mol. The summed E-state index contributed by atoms with van der Waals surface area (Å²) in [5.41, 5.74) is 7.14. The van der Waals surface area contributed by atoms with Crippen LogP contribution in [-0.4, -0.2) is 22.2 Å². The van der Waals surface area contributed by atoms with Crippen LogP contribution >= 0.6 is 0 Å². The molecule has 1 aromatic rings. The number of nitrogens with zero attached hydrogens (tertiary/aromatic N) is 3. The fourth-order valence-corrected chi connectivity index (χ4v) is 1.04. The van der Waals surface area contributed by atoms with E-state index < -0.39 is 11.9 Å². The van der Waals surface area contributed by atoms with Gasteiger partial charge in [0, 0.05) is 4.91 Å². The van der Waals surface area contributed by atoms with Gasteiger partial charge in [-0.05, 0) is 17.7 Å². The molecule has 0 atom stereocenters. The van der Waals surface area contributed by atoms with Gasteiger partial charge in [-0.2, -0.15) is 0 Å². The Labute approximate surface area is 83.2 Å². The first-order chi connectivity index (χ1) is 7.07. The van der Waals surface area contributed by atoms with Gasteiger partial charge in [-0.15, -0.1) is 0 Å². The van der Waals surface area contributed by atoms with Gasteiger partial charge in [-0.25, -0.2) is 9.59 Å². The molecule has 2 N–H and O–H groups in total. The Hall–Kier alpha value is -2.53. The molecule has 0 amide bonds. The number of azide groups is 1. The Balaban J connectivity index is 3.55. The second-order valence-corrected chi connectivity index (χ2v) is 2.50. The van der Waals surface area contributed by atoms with Crippen molar-refractivity contribution in [2.45, 2.75) is 0 Å². The quantitative estimate of drug-likeness (QED) is 0.446. The van der Waals surface area contributed by atoms with Crippen LogP contribution < -0.4 is 0 Å². The van der Waals surface area contributed by atoms with E-state index in [-0.39, 0.29) is 16.8 Å². The molecule has 15 heavy (non-hydrogen) atoms. The molecular formula is C8H5N3O4. The van der Waals surface area contributed by atoms with E-state index in [0.29, 0.717) is 0 Å². The molecule has 0 spiro atoms. The van der Waals surface area contributed by atoms with Crippen molar-refractivity contribution < 1.29 is 19.8 Å². The Kier molecular flexibility index (Phi) is 2.90. The van der Waals surface area contributed by atoms with E-state index in [1.807, 2.05) is 0 Å². The van der Waals surface area contributed by atoms with Gasteiger partial charge < -0.3 is 10.2 Å². The van der Waals surface area contributed by atoms with Crippen molar-refractivity contribution in [3.63, 3.8) is 0 Å². The number of carboxylic acids is 2. The average molecular weight is 207 g/mol. The van der Waals surface area contributed by atoms with Crippen LogP contribution in [0.25, 0.3) is 10.4 Å². The van der Waals surface area contributed by atoms with Crippen molar-refractivity contribution in [2.75, 3.05) is 0 Å². The van der Waals surface area contributed by atoms with Crippen LogP contribution in [0, 0.1) is 0 Å². The molecule has 7 nitrogen and oxygen atoms in total. The van der Waals surface area contributed by atoms with Crippen molar-refractivity contribution in [3.05, 3.63) is 39.8 Å². The van der Waals surface area contributed by atoms with E-state index in [9.17, 15) is 9.59 Å². The highest BCUT2D eigenvalue weighted by molar-refractivity contribution is 6.02. The minimum atomic E-state index is -1.35. The molecule has 0 radical (unpaired) electrons. The smallest absolute Gasteiger partial charge is 0.336 e. The highest BCUT2D eigenvalue weighted by atomic mass is 16.4. The molecule has 0 heterocycles. The number of carbonyl (C=O) groups is 2. The van der Waals surface area contributed by atoms with Crippen LogP contribution in [-0.2, 0) is 0 Å². The fraction of sp³-hybridized carbons (Fsp3) is 0. The number of aromatic carboxylic acids is 2. The first kappa shape index (κ1) is 10.6. The monoisotopic (exact) mass is 207 g/mol. The van der Waals surface area contributed by atoms with Gasteiger partial charge in [-0.3, -0.25) is 0 Å². The summed E-state index contributed by atoms with van der Waals surface area (Å²) in [6.07, 6.45) is 0. The highest BCUT2D eigenvalue weighted by Gasteiger charge is 2.16. The summed E-state index contributed by atoms with van der Waals surface area (Å²) >= 11 is 0. The molecule has 0 aromatic heterocycles. The molecule has 0 aliphatic heterocycles. The number of hydrogen-bond donors (Lipinski definition) is 2. The number of rotatable bonds is 3. The van der Waals surface area contributed by atoms with Crippen molar-refractivity contribution in [1.82, 2.24) is 0 Å². The maximum atomic E-state index is 10.7. The van der Waals surface area contributed by atoms with Gasteiger partial charge in [0.15, 0.2) is 0 Å². The van der Waals surface area contributed by atoms with Gasteiger partial charge in [-0.1, -0.05) is 11.2 Å². The Bertz CT molecular complexity index is 445. The summed E-state index contributed by atoms with van der Waals surface area (Å²) in [7, 11) is 0. The molecule has 0 fully saturated rings. The first-order valence-corrected chi connectivity index (χ1v) is 3.72. The molecule has 0 saturated heterocycles. The second-order valence-electron chi connectivity index (χ2n) is 2.50. The van der Waals surface area contributed by atoms with E-state index in [1.54, 1.807) is 0 Å². The second kappa shape index (κ2) is 4.12. The molecule has 0 saturated carbocycles. The minimum absolute atomic E-state index is 0.340. The molecule has 76 valence electrons. The zero-order chi connectivity index (χ0) is 11.4. The predicted octanol–water partition coefficient (Wildman–Crippen LogP) is 2.02. The molecule has 0 aliphatic carbocycles. The Morgan fingerprint density at radius 1 is 1.20 bits per heavy atom. The lowest BCUT2D eigenvalue weighted by Gasteiger charge is -2.03. The zero-order valence-corrected chi connectivity index (χ0v) is 7.28. The summed E-state index contributed by atoms with van der Waals surface area (Å²) in [5.74, 6) is -2.69. The van der Waals surface area contributed by atoms with Crippen LogP contribution in [0.2, 0.25) is 0 Å². The van der Waals surface area contributed by atoms with Crippen LogP contribution in [0.3, 0.4) is 0 Å². The van der Waals surface area contributed by atoms with Crippen molar-refractivity contribution in [2.24, 2.45) is 5.11 Å². The van der Waals surface area contributed by atoms with Crippen molar-refractivity contribution in [3.8, 4) is 0 Å². The van der Waals surface area contributed by atoms with E-state index in [0.717, 1.165) is 0 Å². The summed E-state index contributed by atoms with van der Waals surface area (Å²) < 4.78 is 0. The van der Waals surface area contributed by atoms with Gasteiger partial charge >= 0.3 is 11.9 Å². The third-order valence-electron chi connectivity index (χ3n) is 1.64. The van der Waals surface area contributed by atoms with E-state index in [4.69, 9.17) is 15.7 Å². The Morgan fingerprint density at radius 3 is 2.00 bits per heavy atom. The van der Waals surface area contributed by atoms with Gasteiger partial charge in [0.05, 0.1) is 16.8 Å². The van der Waals surface area contributed by atoms with Gasteiger partial charge in [0.2, 0.25) is 0 Å². The third kappa shape index (κ3) is 2.04. The van der Waals surface area contributed by atoms with Crippen molar-refractivity contribution in [1.29, 1.82) is 0 Å². The molecule has 0 unspecified atom stereocenters. The summed E-state index contributed by atoms with van der Waals surface area (Å²) in [4.78, 5) is 23.8. The predicted molar refractivity (Wildman–Crippen MR) is 49.2 cm³/mol. The molecule has 7 heteroatoms. The zero-order valence-electron chi connectivity index (χ0n) is 7.28. The highest BCUT2D eigenvalue weighted by Crippen LogP contribution is 2.24. The van der Waals surface area contributed by atoms with Crippen molar-refractivity contribution >= 4 is 17.6 Å². The standard InChI is InChI=1S/C8H5N3O4/c9-11-10-6-4(7(12)13)2-1-3-5(6)8(14)15/h1-3H,(H,12,13)(H,14,15). The average Bonchev–Trinajstić information content (AvgIpc) is 2.17. The lowest BCUT2D eigenvalue weighted by atomic mass is 10.1. The molecule has 0 bridgehead atoms. The van der Waals surface area contributed by atoms with Crippen LogP contribution in [0.1, 0.15) is 20.7 Å². The van der Waals surface area contributed by atoms with Gasteiger partial charge in [0.25, 0.3) is 0 Å². The largest absolute Gasteiger partial charge is 0.478 e. The first-order valence-electron chi connectivity index (χ1n) is 3.72. The number of carboxylic acid groups (broad SMARTS) is 2. The molecule has 0 aliphatic rings. The van der Waals surface area contributed by atoms with E-state index in [2.05, 4.69) is 10.0 Å². The van der Waals surface area contributed by atoms with Gasteiger partial charge in [0.1, 0.15) is 0 Å². The lowest BCUT2D eigenvalue weighted by molar-refractivity contribution is 0.0696.